The lowest BCUT2D eigenvalue weighted by atomic mass is 9.95. The Labute approximate surface area is 210 Å². The zero-order valence-corrected chi connectivity index (χ0v) is 20.6. The number of methoxy groups -OCH3 is 3. The molecule has 1 aromatic heterocycles. The monoisotopic (exact) mass is 510 g/mol. The minimum atomic E-state index is -1.14. The largest absolute Gasteiger partial charge is 0.507 e. The number of rotatable bonds is 6. The van der Waals surface area contributed by atoms with Crippen LogP contribution in [0.1, 0.15) is 32.5 Å². The van der Waals surface area contributed by atoms with Gasteiger partial charge < -0.3 is 24.4 Å². The summed E-state index contributed by atoms with van der Waals surface area (Å²) in [7, 11) is 4.05. The maximum Gasteiger partial charge on any atom is 0.350 e. The molecule has 10 nitrogen and oxygen atoms in total. The molecule has 2 N–H and O–H groups in total. The molecule has 186 valence electrons. The molecule has 0 bridgehead atoms. The summed E-state index contributed by atoms with van der Waals surface area (Å²) >= 11 is 0.885. The zero-order valence-electron chi connectivity index (χ0n) is 19.8. The molecule has 0 aliphatic carbocycles. The number of aromatic hydroxyl groups is 1. The fourth-order valence-corrected chi connectivity index (χ4v) is 4.91. The number of carbonyl (C=O) groups is 3. The number of thiazole rings is 1. The number of carbonyl (C=O) groups excluding carboxylic acids is 3. The van der Waals surface area contributed by atoms with Crippen LogP contribution in [0.5, 0.6) is 17.2 Å². The van der Waals surface area contributed by atoms with Gasteiger partial charge in [-0.25, -0.2) is 9.78 Å². The van der Waals surface area contributed by atoms with Crippen LogP contribution in [0, 0.1) is 6.92 Å². The number of Topliss-reactive ketones (excluding diaryl/α,β-unsaturated/α-hetero) is 1. The lowest BCUT2D eigenvalue weighted by molar-refractivity contribution is -0.132. The van der Waals surface area contributed by atoms with E-state index in [2.05, 4.69) is 4.98 Å². The van der Waals surface area contributed by atoms with Gasteiger partial charge in [-0.05, 0) is 36.8 Å². The molecular formula is C25H22N2O8S. The van der Waals surface area contributed by atoms with Gasteiger partial charge in [0.1, 0.15) is 16.4 Å². The van der Waals surface area contributed by atoms with Gasteiger partial charge in [0.15, 0.2) is 16.6 Å². The summed E-state index contributed by atoms with van der Waals surface area (Å²) in [4.78, 5) is 44.4. The van der Waals surface area contributed by atoms with Gasteiger partial charge in [0.05, 0.1) is 38.6 Å². The van der Waals surface area contributed by atoms with E-state index in [1.165, 1.54) is 45.6 Å². The molecule has 0 saturated carbocycles. The summed E-state index contributed by atoms with van der Waals surface area (Å²) in [6.07, 6.45) is 0. The van der Waals surface area contributed by atoms with Gasteiger partial charge in [-0.2, -0.15) is 0 Å². The Morgan fingerprint density at radius 3 is 2.50 bits per heavy atom. The van der Waals surface area contributed by atoms with Crippen LogP contribution in [0.4, 0.5) is 5.13 Å². The number of benzene rings is 2. The molecule has 1 aliphatic heterocycles. The Balaban J connectivity index is 1.97. The number of nitrogens with zero attached hydrogens (tertiary/aromatic N) is 2. The second-order valence-corrected chi connectivity index (χ2v) is 8.71. The zero-order chi connectivity index (χ0) is 26.1. The van der Waals surface area contributed by atoms with E-state index in [-0.39, 0.29) is 32.6 Å². The van der Waals surface area contributed by atoms with E-state index < -0.39 is 29.5 Å². The van der Waals surface area contributed by atoms with Crippen LogP contribution in [0.2, 0.25) is 0 Å². The average molecular weight is 511 g/mol. The minimum Gasteiger partial charge on any atom is -0.507 e. The fraction of sp³-hybridized carbons (Fsp3) is 0.200. The average Bonchev–Trinajstić information content (AvgIpc) is 3.40. The van der Waals surface area contributed by atoms with Gasteiger partial charge in [0.2, 0.25) is 0 Å². The van der Waals surface area contributed by atoms with Crippen molar-refractivity contribution in [2.24, 2.45) is 0 Å². The molecule has 4 rings (SSSR count). The SMILES string of the molecule is COC(=O)c1sc(N2C(=O)C(=O)C(=C(O)c3cccc(OC)c3)[C@@H]2c2ccc(O)c(OC)c2)nc1C. The molecule has 0 unspecified atom stereocenters. The van der Waals surface area contributed by atoms with E-state index >= 15 is 0 Å². The molecule has 0 spiro atoms. The molecule has 1 fully saturated rings. The number of esters is 1. The van der Waals surface area contributed by atoms with Crippen LogP contribution in [0.3, 0.4) is 0 Å². The van der Waals surface area contributed by atoms with E-state index in [1.54, 1.807) is 25.1 Å². The Hall–Kier alpha value is -4.38. The van der Waals surface area contributed by atoms with Gasteiger partial charge in [0.25, 0.3) is 5.78 Å². The summed E-state index contributed by atoms with van der Waals surface area (Å²) in [6.45, 7) is 1.58. The normalized spacial score (nSPS) is 16.8. The van der Waals surface area contributed by atoms with Crippen molar-refractivity contribution in [3.8, 4) is 17.2 Å². The molecule has 1 atom stereocenters. The Morgan fingerprint density at radius 2 is 1.83 bits per heavy atom. The number of hydrogen-bond donors (Lipinski definition) is 2. The standard InChI is InChI=1S/C25H22N2O8S/c1-12-22(24(32)35-4)36-25(26-12)27-19(13-8-9-16(28)17(11-13)34-3)18(21(30)23(27)31)20(29)14-6-5-7-15(10-14)33-2/h5-11,19,28-29H,1-4H3/t19-/m0/s1. The van der Waals surface area contributed by atoms with Crippen molar-refractivity contribution in [1.29, 1.82) is 0 Å². The molecule has 3 aromatic rings. The maximum atomic E-state index is 13.3. The second-order valence-electron chi connectivity index (χ2n) is 7.73. The van der Waals surface area contributed by atoms with Crippen molar-refractivity contribution in [2.75, 3.05) is 26.2 Å². The minimum absolute atomic E-state index is 0.0664. The second kappa shape index (κ2) is 9.70. The van der Waals surface area contributed by atoms with Crippen molar-refractivity contribution in [3.63, 3.8) is 0 Å². The third-order valence-electron chi connectivity index (χ3n) is 5.67. The number of phenolic OH excluding ortho intramolecular Hbond substituents is 1. The number of aromatic nitrogens is 1. The molecular weight excluding hydrogens is 488 g/mol. The molecule has 1 amide bonds. The fourth-order valence-electron chi connectivity index (χ4n) is 3.90. The van der Waals surface area contributed by atoms with Gasteiger partial charge in [-0.3, -0.25) is 14.5 Å². The first-order valence-electron chi connectivity index (χ1n) is 10.6. The van der Waals surface area contributed by atoms with E-state index in [0.29, 0.717) is 17.0 Å². The lowest BCUT2D eigenvalue weighted by Gasteiger charge is -2.23. The smallest absolute Gasteiger partial charge is 0.350 e. The molecule has 1 aliphatic rings. The highest BCUT2D eigenvalue weighted by Crippen LogP contribution is 2.45. The first kappa shape index (κ1) is 24.7. The molecule has 2 heterocycles. The molecule has 2 aromatic carbocycles. The van der Waals surface area contributed by atoms with Gasteiger partial charge >= 0.3 is 11.9 Å². The number of anilines is 1. The van der Waals surface area contributed by atoms with Crippen molar-refractivity contribution in [1.82, 2.24) is 4.98 Å². The number of aliphatic hydroxyl groups excluding tert-OH is 1. The summed E-state index contributed by atoms with van der Waals surface area (Å²) in [5, 5.41) is 21.4. The lowest BCUT2D eigenvalue weighted by Crippen LogP contribution is -2.29. The Bertz CT molecular complexity index is 1410. The first-order valence-corrected chi connectivity index (χ1v) is 11.4. The van der Waals surface area contributed by atoms with Crippen LogP contribution in [0.25, 0.3) is 5.76 Å². The number of ketones is 1. The highest BCUT2D eigenvalue weighted by atomic mass is 32.1. The summed E-state index contributed by atoms with van der Waals surface area (Å²) in [5.74, 6) is -2.55. The van der Waals surface area contributed by atoms with Gasteiger partial charge in [-0.1, -0.05) is 29.5 Å². The van der Waals surface area contributed by atoms with Crippen LogP contribution in [-0.4, -0.2) is 54.2 Å². The van der Waals surface area contributed by atoms with E-state index in [9.17, 15) is 24.6 Å². The number of aliphatic hydroxyl groups is 1. The number of phenols is 1. The summed E-state index contributed by atoms with van der Waals surface area (Å²) < 4.78 is 15.2. The molecule has 11 heteroatoms. The number of amides is 1. The number of hydrogen-bond acceptors (Lipinski definition) is 10. The highest BCUT2D eigenvalue weighted by Gasteiger charge is 2.48. The maximum absolute atomic E-state index is 13.3. The van der Waals surface area contributed by atoms with Gasteiger partial charge in [-0.15, -0.1) is 0 Å². The van der Waals surface area contributed by atoms with Crippen molar-refractivity contribution in [2.45, 2.75) is 13.0 Å². The highest BCUT2D eigenvalue weighted by molar-refractivity contribution is 7.17. The quantitative estimate of drug-likeness (QED) is 0.221. The molecule has 1 saturated heterocycles. The van der Waals surface area contributed by atoms with Crippen LogP contribution in [-0.2, 0) is 14.3 Å². The Kier molecular flexibility index (Phi) is 6.67. The summed E-state index contributed by atoms with van der Waals surface area (Å²) in [5.41, 5.74) is 0.737. The van der Waals surface area contributed by atoms with Crippen LogP contribution >= 0.6 is 11.3 Å². The third kappa shape index (κ3) is 4.13. The Morgan fingerprint density at radius 1 is 1.08 bits per heavy atom. The number of ether oxygens (including phenoxy) is 3. The molecule has 0 radical (unpaired) electrons. The van der Waals surface area contributed by atoms with Crippen LogP contribution < -0.4 is 14.4 Å². The predicted octanol–water partition coefficient (Wildman–Crippen LogP) is 3.59. The van der Waals surface area contributed by atoms with Crippen LogP contribution in [0.15, 0.2) is 48.0 Å². The summed E-state index contributed by atoms with van der Waals surface area (Å²) in [6, 6.07) is 9.58. The van der Waals surface area contributed by atoms with E-state index in [1.807, 2.05) is 0 Å². The van der Waals surface area contributed by atoms with E-state index in [0.717, 1.165) is 16.2 Å². The van der Waals surface area contributed by atoms with Crippen molar-refractivity contribution in [3.05, 3.63) is 69.7 Å². The number of aryl methyl sites for hydroxylation is 1. The third-order valence-corrected chi connectivity index (χ3v) is 6.81. The predicted molar refractivity (Wildman–Crippen MR) is 131 cm³/mol. The van der Waals surface area contributed by atoms with Crippen molar-refractivity contribution >= 4 is 39.9 Å². The topological polar surface area (TPSA) is 135 Å². The first-order chi connectivity index (χ1) is 17.2. The van der Waals surface area contributed by atoms with Crippen molar-refractivity contribution < 1.29 is 38.8 Å². The van der Waals surface area contributed by atoms with E-state index in [4.69, 9.17) is 14.2 Å². The molecule has 36 heavy (non-hydrogen) atoms. The van der Waals surface area contributed by atoms with Gasteiger partial charge in [0, 0.05) is 5.56 Å².